The van der Waals surface area contributed by atoms with Gasteiger partial charge in [0.05, 0.1) is 31.1 Å². The van der Waals surface area contributed by atoms with Gasteiger partial charge >= 0.3 is 12.0 Å². The van der Waals surface area contributed by atoms with Crippen LogP contribution in [0.3, 0.4) is 0 Å². The number of esters is 1. The van der Waals surface area contributed by atoms with Gasteiger partial charge in [-0.2, -0.15) is 0 Å². The van der Waals surface area contributed by atoms with Gasteiger partial charge in [0, 0.05) is 25.2 Å². The van der Waals surface area contributed by atoms with Crippen molar-refractivity contribution in [2.75, 3.05) is 19.4 Å². The average Bonchev–Trinajstić information content (AvgIpc) is 3.44. The summed E-state index contributed by atoms with van der Waals surface area (Å²) in [7, 11) is 1.36. The Morgan fingerprint density at radius 3 is 2.23 bits per heavy atom. The fraction of sp³-hybridized carbons (Fsp3) is 0.355. The summed E-state index contributed by atoms with van der Waals surface area (Å²) in [6, 6.07) is 14.2. The number of ether oxygens (including phenoxy) is 1. The van der Waals surface area contributed by atoms with Crippen molar-refractivity contribution in [1.82, 2.24) is 19.4 Å². The number of carbonyl (C=O) groups excluding carboxylic acids is 3. The van der Waals surface area contributed by atoms with Crippen molar-refractivity contribution in [1.29, 1.82) is 0 Å². The van der Waals surface area contributed by atoms with Gasteiger partial charge in [0.25, 0.3) is 5.91 Å². The maximum atomic E-state index is 13.6. The van der Waals surface area contributed by atoms with E-state index in [1.165, 1.54) is 16.9 Å². The number of hydrogen-bond acceptors (Lipinski definition) is 6. The third kappa shape index (κ3) is 6.42. The lowest BCUT2D eigenvalue weighted by molar-refractivity contribution is -0.123. The highest BCUT2D eigenvalue weighted by Crippen LogP contribution is 2.27. The number of methoxy groups -OCH3 is 1. The number of imidazole rings is 1. The van der Waals surface area contributed by atoms with E-state index in [0.717, 1.165) is 54.7 Å². The third-order valence-electron chi connectivity index (χ3n) is 7.00. The Labute approximate surface area is 235 Å². The number of aryl methyl sites for hydroxylation is 1. The largest absolute Gasteiger partial charge is 0.465 e. The monoisotopic (exact) mass is 543 g/mol. The summed E-state index contributed by atoms with van der Waals surface area (Å²) >= 11 is 0. The first-order chi connectivity index (χ1) is 19.4. The molecule has 0 bridgehead atoms. The van der Waals surface area contributed by atoms with Crippen LogP contribution in [-0.4, -0.2) is 50.9 Å². The first kappa shape index (κ1) is 28.6. The number of imide groups is 1. The highest BCUT2D eigenvalue weighted by molar-refractivity contribution is 6.13. The Balaban J connectivity index is 1.71. The molecular formula is C31H37N5O4. The number of amides is 3. The van der Waals surface area contributed by atoms with E-state index >= 15 is 0 Å². The second kappa shape index (κ2) is 13.1. The second-order valence-corrected chi connectivity index (χ2v) is 9.93. The summed E-state index contributed by atoms with van der Waals surface area (Å²) in [4.78, 5) is 46.4. The van der Waals surface area contributed by atoms with Crippen molar-refractivity contribution in [2.24, 2.45) is 0 Å². The van der Waals surface area contributed by atoms with Crippen LogP contribution in [0.2, 0.25) is 0 Å². The fourth-order valence-corrected chi connectivity index (χ4v) is 4.65. The maximum Gasteiger partial charge on any atom is 0.337 e. The van der Waals surface area contributed by atoms with Crippen LogP contribution in [0.15, 0.2) is 60.4 Å². The Bertz CT molecular complexity index is 1380. The number of benzene rings is 2. The molecule has 1 aliphatic rings. The SMILES string of the molecule is CCCCc1ncc(/C=C2/C(=O)N(CCCC)C(=O)N2Cc2ccc(N)cc2)n1Cc1ccc(C(=O)OC)cc1. The number of rotatable bonds is 12. The van der Waals surface area contributed by atoms with Crippen LogP contribution < -0.4 is 5.73 Å². The molecule has 1 saturated heterocycles. The molecule has 210 valence electrons. The molecule has 0 unspecified atom stereocenters. The number of unbranched alkanes of at least 4 members (excludes halogenated alkanes) is 2. The van der Waals surface area contributed by atoms with E-state index in [0.29, 0.717) is 30.0 Å². The number of aromatic nitrogens is 2. The van der Waals surface area contributed by atoms with Gasteiger partial charge in [-0.25, -0.2) is 14.6 Å². The molecule has 9 nitrogen and oxygen atoms in total. The highest BCUT2D eigenvalue weighted by Gasteiger charge is 2.40. The molecule has 0 saturated carbocycles. The van der Waals surface area contributed by atoms with Crippen LogP contribution in [-0.2, 0) is 29.0 Å². The van der Waals surface area contributed by atoms with E-state index in [4.69, 9.17) is 10.5 Å². The van der Waals surface area contributed by atoms with Crippen LogP contribution in [0, 0.1) is 0 Å². The molecule has 1 fully saturated rings. The molecule has 2 heterocycles. The highest BCUT2D eigenvalue weighted by atomic mass is 16.5. The molecule has 3 amide bonds. The summed E-state index contributed by atoms with van der Waals surface area (Å²) in [5.41, 5.74) is 9.87. The zero-order chi connectivity index (χ0) is 28.6. The number of anilines is 1. The van der Waals surface area contributed by atoms with Gasteiger partial charge in [-0.3, -0.25) is 14.6 Å². The predicted octanol–water partition coefficient (Wildman–Crippen LogP) is 5.25. The normalized spacial score (nSPS) is 14.4. The first-order valence-corrected chi connectivity index (χ1v) is 13.8. The zero-order valence-electron chi connectivity index (χ0n) is 23.4. The summed E-state index contributed by atoms with van der Waals surface area (Å²) < 4.78 is 6.89. The average molecular weight is 544 g/mol. The van der Waals surface area contributed by atoms with Crippen LogP contribution in [0.1, 0.15) is 72.5 Å². The zero-order valence-corrected chi connectivity index (χ0v) is 23.4. The van der Waals surface area contributed by atoms with Crippen LogP contribution in [0.4, 0.5) is 10.5 Å². The third-order valence-corrected chi connectivity index (χ3v) is 7.00. The molecule has 4 rings (SSSR count). The van der Waals surface area contributed by atoms with Gasteiger partial charge < -0.3 is 15.0 Å². The van der Waals surface area contributed by atoms with Crippen LogP contribution in [0.5, 0.6) is 0 Å². The number of nitrogens with two attached hydrogens (primary N) is 1. The van der Waals surface area contributed by atoms with Gasteiger partial charge in [0.15, 0.2) is 0 Å². The Morgan fingerprint density at radius 2 is 1.57 bits per heavy atom. The van der Waals surface area contributed by atoms with Gasteiger partial charge in [-0.1, -0.05) is 51.0 Å². The minimum absolute atomic E-state index is 0.255. The first-order valence-electron chi connectivity index (χ1n) is 13.8. The van der Waals surface area contributed by atoms with Gasteiger partial charge in [0.2, 0.25) is 0 Å². The number of nitrogens with zero attached hydrogens (tertiary/aromatic N) is 4. The molecule has 0 spiro atoms. The molecule has 1 aliphatic heterocycles. The molecule has 9 heteroatoms. The fourth-order valence-electron chi connectivity index (χ4n) is 4.65. The Hall–Kier alpha value is -4.40. The van der Waals surface area contributed by atoms with E-state index < -0.39 is 0 Å². The molecular weight excluding hydrogens is 506 g/mol. The molecule has 2 N–H and O–H groups in total. The molecule has 3 aromatic rings. The molecule has 0 radical (unpaired) electrons. The van der Waals surface area contributed by atoms with Crippen molar-refractivity contribution in [2.45, 2.75) is 59.0 Å². The van der Waals surface area contributed by atoms with Crippen LogP contribution >= 0.6 is 0 Å². The van der Waals surface area contributed by atoms with Crippen molar-refractivity contribution in [3.8, 4) is 0 Å². The lowest BCUT2D eigenvalue weighted by Gasteiger charge is -2.18. The minimum atomic E-state index is -0.388. The standard InChI is InChI=1S/C31H37N5O4/c1-4-6-8-28-33-19-26(35(28)20-22-9-13-24(14-10-22)30(38)40-3)18-27-29(37)34(17-7-5-2)31(39)36(27)21-23-11-15-25(32)16-12-23/h9-16,18-19H,4-8,17,20-21,32H2,1-3H3/b27-18-. The molecule has 40 heavy (non-hydrogen) atoms. The Morgan fingerprint density at radius 1 is 0.925 bits per heavy atom. The van der Waals surface area contributed by atoms with E-state index in [2.05, 4.69) is 16.5 Å². The molecule has 0 aliphatic carbocycles. The number of hydrogen-bond donors (Lipinski definition) is 1. The molecule has 0 atom stereocenters. The predicted molar refractivity (Wildman–Crippen MR) is 154 cm³/mol. The number of carbonyl (C=O) groups is 3. The summed E-state index contributed by atoms with van der Waals surface area (Å²) in [5.74, 6) is 0.205. The van der Waals surface area contributed by atoms with Crippen LogP contribution in [0.25, 0.3) is 6.08 Å². The maximum absolute atomic E-state index is 13.6. The van der Waals surface area contributed by atoms with Gasteiger partial charge in [-0.05, 0) is 54.3 Å². The van der Waals surface area contributed by atoms with E-state index in [9.17, 15) is 14.4 Å². The molecule has 1 aromatic heterocycles. The lowest BCUT2D eigenvalue weighted by atomic mass is 10.1. The number of urea groups is 1. The topological polar surface area (TPSA) is 111 Å². The van der Waals surface area contributed by atoms with Crippen molar-refractivity contribution in [3.05, 3.63) is 88.6 Å². The quantitative estimate of drug-likeness (QED) is 0.145. The summed E-state index contributed by atoms with van der Waals surface area (Å²) in [5, 5.41) is 0. The Kier molecular flexibility index (Phi) is 9.37. The van der Waals surface area contributed by atoms with E-state index in [1.807, 2.05) is 31.2 Å². The van der Waals surface area contributed by atoms with Crippen molar-refractivity contribution in [3.63, 3.8) is 0 Å². The minimum Gasteiger partial charge on any atom is -0.465 e. The number of nitrogen functional groups attached to an aromatic ring is 1. The lowest BCUT2D eigenvalue weighted by Crippen LogP contribution is -2.33. The van der Waals surface area contributed by atoms with E-state index in [-0.39, 0.29) is 24.5 Å². The van der Waals surface area contributed by atoms with Crippen molar-refractivity contribution < 1.29 is 19.1 Å². The van der Waals surface area contributed by atoms with Gasteiger partial charge in [-0.15, -0.1) is 0 Å². The van der Waals surface area contributed by atoms with Gasteiger partial charge in [0.1, 0.15) is 11.5 Å². The molecule has 2 aromatic carbocycles. The second-order valence-electron chi connectivity index (χ2n) is 9.93. The summed E-state index contributed by atoms with van der Waals surface area (Å²) in [6.45, 7) is 5.29. The smallest absolute Gasteiger partial charge is 0.337 e. The van der Waals surface area contributed by atoms with Crippen molar-refractivity contribution >= 4 is 29.7 Å². The summed E-state index contributed by atoms with van der Waals surface area (Å²) in [6.07, 6.45) is 7.91. The van der Waals surface area contributed by atoms with E-state index in [1.54, 1.807) is 36.5 Å².